The van der Waals surface area contributed by atoms with E-state index in [9.17, 15) is 8.42 Å². The van der Waals surface area contributed by atoms with Gasteiger partial charge in [0.15, 0.2) is 0 Å². The highest BCUT2D eigenvalue weighted by atomic mass is 32.2. The molecule has 0 saturated carbocycles. The Morgan fingerprint density at radius 3 is 2.16 bits per heavy atom. The van der Waals surface area contributed by atoms with Gasteiger partial charge in [-0.05, 0) is 34.7 Å². The molecule has 0 amide bonds. The predicted molar refractivity (Wildman–Crippen MR) is 73.5 cm³/mol. The van der Waals surface area contributed by atoms with E-state index in [1.165, 1.54) is 0 Å². The van der Waals surface area contributed by atoms with Crippen molar-refractivity contribution in [3.8, 4) is 0 Å². The van der Waals surface area contributed by atoms with Gasteiger partial charge in [0.25, 0.3) is 0 Å². The van der Waals surface area contributed by atoms with E-state index in [0.29, 0.717) is 29.4 Å². The minimum absolute atomic E-state index is 0.214. The molecular weight excluding hydrogens is 264 g/mol. The Hall–Kier alpha value is -0.920. The van der Waals surface area contributed by atoms with Gasteiger partial charge in [0.1, 0.15) is 4.90 Å². The minimum Gasteiger partial charge on any atom is -0.298 e. The fraction of sp³-hybridized carbons (Fsp3) is 0.750. The summed E-state index contributed by atoms with van der Waals surface area (Å²) in [4.78, 5) is 2.54. The van der Waals surface area contributed by atoms with Crippen LogP contribution in [0.3, 0.4) is 0 Å². The molecule has 7 heteroatoms. The number of nitrogens with zero attached hydrogens (tertiary/aromatic N) is 3. The maximum Gasteiger partial charge on any atom is 0.246 e. The maximum absolute atomic E-state index is 12.7. The van der Waals surface area contributed by atoms with Gasteiger partial charge in [0.2, 0.25) is 10.0 Å². The molecule has 1 aliphatic rings. The summed E-state index contributed by atoms with van der Waals surface area (Å²) in [5.41, 5.74) is 1.15. The lowest BCUT2D eigenvalue weighted by Gasteiger charge is -2.41. The number of likely N-dealkylation sites (N-methyl/N-ethyl adjacent to an activating group) is 1. The Labute approximate surface area is 114 Å². The molecule has 1 aliphatic heterocycles. The van der Waals surface area contributed by atoms with E-state index in [2.05, 4.69) is 15.1 Å². The number of hydrogen-bond donors (Lipinski definition) is 1. The van der Waals surface area contributed by atoms with Crippen LogP contribution in [0.4, 0.5) is 0 Å². The van der Waals surface area contributed by atoms with Crippen molar-refractivity contribution in [2.24, 2.45) is 0 Å². The number of hydrogen-bond acceptors (Lipinski definition) is 4. The fourth-order valence-corrected chi connectivity index (χ4v) is 4.54. The average molecular weight is 286 g/mol. The number of rotatable bonds is 2. The standard InChI is InChI=1S/C12H22N4O2S/c1-8-6-16(7-9(2)15(8)5)19(17,18)12-10(3)13-14-11(12)4/h8-9H,6-7H2,1-5H3,(H,13,14). The number of aromatic nitrogens is 2. The lowest BCUT2D eigenvalue weighted by atomic mass is 10.1. The number of H-pyrrole nitrogens is 1. The number of piperazine rings is 1. The number of sulfonamides is 1. The summed E-state index contributed by atoms with van der Waals surface area (Å²) in [7, 11) is -1.42. The van der Waals surface area contributed by atoms with Crippen molar-refractivity contribution in [2.75, 3.05) is 20.1 Å². The molecule has 2 rings (SSSR count). The van der Waals surface area contributed by atoms with Gasteiger partial charge in [0.05, 0.1) is 11.4 Å². The summed E-state index contributed by atoms with van der Waals surface area (Å²) in [5.74, 6) is 0. The second kappa shape index (κ2) is 4.88. The van der Waals surface area contributed by atoms with Crippen LogP contribution >= 0.6 is 0 Å². The Morgan fingerprint density at radius 1 is 1.21 bits per heavy atom. The van der Waals surface area contributed by atoms with Crippen LogP contribution in [0, 0.1) is 13.8 Å². The van der Waals surface area contributed by atoms with Crippen molar-refractivity contribution in [3.63, 3.8) is 0 Å². The van der Waals surface area contributed by atoms with Crippen molar-refractivity contribution in [1.29, 1.82) is 0 Å². The summed E-state index contributed by atoms with van der Waals surface area (Å²) in [6, 6.07) is 0.428. The highest BCUT2D eigenvalue weighted by Crippen LogP contribution is 2.25. The van der Waals surface area contributed by atoms with Crippen molar-refractivity contribution in [1.82, 2.24) is 19.4 Å². The summed E-state index contributed by atoms with van der Waals surface area (Å²) < 4.78 is 27.0. The molecule has 19 heavy (non-hydrogen) atoms. The van der Waals surface area contributed by atoms with Gasteiger partial charge < -0.3 is 0 Å². The van der Waals surface area contributed by atoms with Gasteiger partial charge in [0, 0.05) is 25.2 Å². The maximum atomic E-state index is 12.7. The summed E-state index contributed by atoms with van der Waals surface area (Å²) in [6.07, 6.45) is 0. The highest BCUT2D eigenvalue weighted by Gasteiger charge is 2.36. The fourth-order valence-electron chi connectivity index (χ4n) is 2.60. The minimum atomic E-state index is -3.46. The van der Waals surface area contributed by atoms with E-state index in [1.807, 2.05) is 20.9 Å². The zero-order valence-electron chi connectivity index (χ0n) is 12.1. The van der Waals surface area contributed by atoms with Crippen molar-refractivity contribution >= 4 is 10.0 Å². The zero-order valence-corrected chi connectivity index (χ0v) is 13.0. The Morgan fingerprint density at radius 2 is 1.74 bits per heavy atom. The molecule has 0 spiro atoms. The molecule has 1 saturated heterocycles. The molecule has 2 atom stereocenters. The van der Waals surface area contributed by atoms with Gasteiger partial charge >= 0.3 is 0 Å². The van der Waals surface area contributed by atoms with Gasteiger partial charge in [-0.2, -0.15) is 9.40 Å². The second-order valence-electron chi connectivity index (χ2n) is 5.45. The Bertz CT molecular complexity index is 535. The zero-order chi connectivity index (χ0) is 14.4. The largest absolute Gasteiger partial charge is 0.298 e. The first-order chi connectivity index (χ1) is 8.75. The molecule has 1 fully saturated rings. The van der Waals surface area contributed by atoms with E-state index >= 15 is 0 Å². The number of aromatic amines is 1. The van der Waals surface area contributed by atoms with Crippen LogP contribution < -0.4 is 0 Å². The first kappa shape index (κ1) is 14.5. The Kier molecular flexibility index (Phi) is 3.72. The van der Waals surface area contributed by atoms with Crippen LogP contribution in [0.25, 0.3) is 0 Å². The second-order valence-corrected chi connectivity index (χ2v) is 7.32. The SMILES string of the molecule is Cc1n[nH]c(C)c1S(=O)(=O)N1CC(C)N(C)C(C)C1. The molecule has 0 bridgehead atoms. The van der Waals surface area contributed by atoms with E-state index in [0.717, 1.165) is 0 Å². The molecule has 0 aliphatic carbocycles. The lowest BCUT2D eigenvalue weighted by molar-refractivity contribution is 0.105. The normalized spacial score (nSPS) is 26.8. The van der Waals surface area contributed by atoms with Gasteiger partial charge in [-0.15, -0.1) is 0 Å². The van der Waals surface area contributed by atoms with Gasteiger partial charge in [-0.1, -0.05) is 0 Å². The van der Waals surface area contributed by atoms with E-state index in [1.54, 1.807) is 18.2 Å². The first-order valence-electron chi connectivity index (χ1n) is 6.48. The molecule has 1 aromatic heterocycles. The number of aryl methyl sites for hydroxylation is 2. The third-order valence-electron chi connectivity index (χ3n) is 3.98. The highest BCUT2D eigenvalue weighted by molar-refractivity contribution is 7.89. The van der Waals surface area contributed by atoms with E-state index in [-0.39, 0.29) is 12.1 Å². The topological polar surface area (TPSA) is 69.3 Å². The van der Waals surface area contributed by atoms with Gasteiger partial charge in [-0.25, -0.2) is 8.42 Å². The lowest BCUT2D eigenvalue weighted by Crippen LogP contribution is -2.56. The first-order valence-corrected chi connectivity index (χ1v) is 7.92. The van der Waals surface area contributed by atoms with Crippen LogP contribution in [0.5, 0.6) is 0 Å². The smallest absolute Gasteiger partial charge is 0.246 e. The molecule has 6 nitrogen and oxygen atoms in total. The molecule has 0 aromatic carbocycles. The van der Waals surface area contributed by atoms with Crippen molar-refractivity contribution in [3.05, 3.63) is 11.4 Å². The average Bonchev–Trinajstić information content (AvgIpc) is 2.65. The molecule has 108 valence electrons. The molecule has 2 heterocycles. The Balaban J connectivity index is 2.36. The molecule has 1 aromatic rings. The quantitative estimate of drug-likeness (QED) is 0.870. The molecule has 2 unspecified atom stereocenters. The van der Waals surface area contributed by atoms with Crippen LogP contribution in [0.1, 0.15) is 25.2 Å². The van der Waals surface area contributed by atoms with Crippen LogP contribution in [-0.2, 0) is 10.0 Å². The van der Waals surface area contributed by atoms with Crippen LogP contribution in [0.2, 0.25) is 0 Å². The van der Waals surface area contributed by atoms with Gasteiger partial charge in [-0.3, -0.25) is 10.00 Å². The van der Waals surface area contributed by atoms with E-state index in [4.69, 9.17) is 0 Å². The predicted octanol–water partition coefficient (Wildman–Crippen LogP) is 0.740. The van der Waals surface area contributed by atoms with E-state index < -0.39 is 10.0 Å². The monoisotopic (exact) mass is 286 g/mol. The van der Waals surface area contributed by atoms with Crippen molar-refractivity contribution in [2.45, 2.75) is 44.7 Å². The molecule has 1 N–H and O–H groups in total. The summed E-state index contributed by atoms with van der Waals surface area (Å²) in [5, 5.41) is 6.74. The van der Waals surface area contributed by atoms with Crippen molar-refractivity contribution < 1.29 is 8.42 Å². The molecular formula is C12H22N4O2S. The third-order valence-corrected chi connectivity index (χ3v) is 6.08. The number of nitrogens with one attached hydrogen (secondary N) is 1. The third kappa shape index (κ3) is 2.42. The molecule has 0 radical (unpaired) electrons. The summed E-state index contributed by atoms with van der Waals surface area (Å²) in [6.45, 7) is 8.61. The summed E-state index contributed by atoms with van der Waals surface area (Å²) >= 11 is 0. The van der Waals surface area contributed by atoms with Crippen LogP contribution in [0.15, 0.2) is 4.90 Å². The van der Waals surface area contributed by atoms with Crippen LogP contribution in [-0.4, -0.2) is 60.0 Å².